The Hall–Kier alpha value is -1.14. The van der Waals surface area contributed by atoms with Crippen LogP contribution in [0, 0.1) is 5.92 Å². The molecule has 6 heteroatoms. The van der Waals surface area contributed by atoms with Gasteiger partial charge in [0, 0.05) is 13.1 Å². The van der Waals surface area contributed by atoms with Gasteiger partial charge in [-0.3, -0.25) is 14.5 Å². The van der Waals surface area contributed by atoms with Crippen LogP contribution >= 0.6 is 0 Å². The zero-order valence-electron chi connectivity index (χ0n) is 9.35. The summed E-state index contributed by atoms with van der Waals surface area (Å²) in [6.45, 7) is 3.47. The van der Waals surface area contributed by atoms with Gasteiger partial charge in [-0.1, -0.05) is 0 Å². The van der Waals surface area contributed by atoms with Gasteiger partial charge < -0.3 is 14.6 Å². The molecule has 0 aromatic heterocycles. The summed E-state index contributed by atoms with van der Waals surface area (Å²) in [6.07, 6.45) is 0.280. The Kier molecular flexibility index (Phi) is 5.21. The van der Waals surface area contributed by atoms with Crippen LogP contribution in [0.3, 0.4) is 0 Å². The van der Waals surface area contributed by atoms with E-state index in [1.165, 1.54) is 7.11 Å². The third-order valence-electron chi connectivity index (χ3n) is 2.62. The first-order valence-electron chi connectivity index (χ1n) is 5.26. The topological polar surface area (TPSA) is 76.1 Å². The highest BCUT2D eigenvalue weighted by molar-refractivity contribution is 5.93. The van der Waals surface area contributed by atoms with E-state index in [2.05, 4.69) is 9.64 Å². The molecular formula is C10H17NO5. The number of morpholine rings is 1. The number of hydrogen-bond acceptors (Lipinski definition) is 5. The number of carbonyl (C=O) groups excluding carboxylic acids is 1. The zero-order valence-corrected chi connectivity index (χ0v) is 9.35. The van der Waals surface area contributed by atoms with Crippen molar-refractivity contribution < 1.29 is 24.2 Å². The average molecular weight is 231 g/mol. The highest BCUT2D eigenvalue weighted by Crippen LogP contribution is 2.08. The minimum Gasteiger partial charge on any atom is -0.481 e. The first-order chi connectivity index (χ1) is 7.65. The summed E-state index contributed by atoms with van der Waals surface area (Å²) >= 11 is 0. The molecule has 0 amide bonds. The van der Waals surface area contributed by atoms with Crippen molar-refractivity contribution in [2.24, 2.45) is 5.92 Å². The standard InChI is InChI=1S/C10H17NO5/c1-15-10(14)8(9(12)13)2-3-11-4-6-16-7-5-11/h8H,2-7H2,1H3,(H,12,13). The van der Waals surface area contributed by atoms with Gasteiger partial charge in [0.05, 0.1) is 20.3 Å². The summed E-state index contributed by atoms with van der Waals surface area (Å²) in [5.74, 6) is -2.87. The molecule has 1 heterocycles. The van der Waals surface area contributed by atoms with E-state index in [-0.39, 0.29) is 6.42 Å². The molecule has 1 N–H and O–H groups in total. The van der Waals surface area contributed by atoms with E-state index in [0.29, 0.717) is 19.8 Å². The third kappa shape index (κ3) is 3.79. The Bertz CT molecular complexity index is 250. The number of nitrogens with zero attached hydrogens (tertiary/aromatic N) is 1. The van der Waals surface area contributed by atoms with Crippen LogP contribution in [0.5, 0.6) is 0 Å². The molecule has 0 spiro atoms. The summed E-state index contributed by atoms with van der Waals surface area (Å²) in [7, 11) is 1.20. The Morgan fingerprint density at radius 1 is 1.44 bits per heavy atom. The van der Waals surface area contributed by atoms with E-state index in [0.717, 1.165) is 13.1 Å². The van der Waals surface area contributed by atoms with Crippen molar-refractivity contribution in [2.45, 2.75) is 6.42 Å². The lowest BCUT2D eigenvalue weighted by Gasteiger charge is -2.27. The van der Waals surface area contributed by atoms with Gasteiger partial charge >= 0.3 is 11.9 Å². The first-order valence-corrected chi connectivity index (χ1v) is 5.26. The summed E-state index contributed by atoms with van der Waals surface area (Å²) in [4.78, 5) is 24.1. The number of carbonyl (C=O) groups is 2. The highest BCUT2D eigenvalue weighted by atomic mass is 16.5. The number of rotatable bonds is 5. The van der Waals surface area contributed by atoms with Crippen molar-refractivity contribution in [3.05, 3.63) is 0 Å². The van der Waals surface area contributed by atoms with E-state index in [1.807, 2.05) is 0 Å². The summed E-state index contributed by atoms with van der Waals surface area (Å²) < 4.78 is 9.62. The van der Waals surface area contributed by atoms with E-state index in [4.69, 9.17) is 9.84 Å². The van der Waals surface area contributed by atoms with Crippen LogP contribution in [-0.4, -0.2) is 61.9 Å². The molecule has 1 saturated heterocycles. The molecule has 1 fully saturated rings. The van der Waals surface area contributed by atoms with Crippen LogP contribution in [0.1, 0.15) is 6.42 Å². The van der Waals surface area contributed by atoms with Crippen LogP contribution in [0.25, 0.3) is 0 Å². The maximum Gasteiger partial charge on any atom is 0.320 e. The molecule has 0 bridgehead atoms. The van der Waals surface area contributed by atoms with Gasteiger partial charge in [0.1, 0.15) is 0 Å². The third-order valence-corrected chi connectivity index (χ3v) is 2.62. The fourth-order valence-electron chi connectivity index (χ4n) is 1.62. The summed E-state index contributed by atoms with van der Waals surface area (Å²) in [6, 6.07) is 0. The fraction of sp³-hybridized carbons (Fsp3) is 0.800. The number of methoxy groups -OCH3 is 1. The lowest BCUT2D eigenvalue weighted by molar-refractivity contribution is -0.157. The number of ether oxygens (including phenoxy) is 2. The molecule has 16 heavy (non-hydrogen) atoms. The molecule has 0 saturated carbocycles. The van der Waals surface area contributed by atoms with Crippen molar-refractivity contribution in [1.82, 2.24) is 4.90 Å². The predicted octanol–water partition coefficient (Wildman–Crippen LogP) is -0.417. The van der Waals surface area contributed by atoms with E-state index >= 15 is 0 Å². The molecule has 1 unspecified atom stereocenters. The molecule has 92 valence electrons. The number of carboxylic acid groups (broad SMARTS) is 1. The zero-order chi connectivity index (χ0) is 12.0. The number of carboxylic acids is 1. The van der Waals surface area contributed by atoms with Gasteiger partial charge in [0.25, 0.3) is 0 Å². The minimum absolute atomic E-state index is 0.280. The average Bonchev–Trinajstić information content (AvgIpc) is 2.30. The summed E-state index contributed by atoms with van der Waals surface area (Å²) in [5.41, 5.74) is 0. The van der Waals surface area contributed by atoms with Gasteiger partial charge in [-0.2, -0.15) is 0 Å². The second-order valence-electron chi connectivity index (χ2n) is 3.66. The van der Waals surface area contributed by atoms with E-state index < -0.39 is 17.9 Å². The first kappa shape index (κ1) is 12.9. The maximum atomic E-state index is 11.2. The summed E-state index contributed by atoms with van der Waals surface area (Å²) in [5, 5.41) is 8.86. The van der Waals surface area contributed by atoms with Gasteiger partial charge in [-0.05, 0) is 13.0 Å². The van der Waals surface area contributed by atoms with E-state index in [1.54, 1.807) is 0 Å². The molecule has 6 nitrogen and oxygen atoms in total. The maximum absolute atomic E-state index is 11.2. The van der Waals surface area contributed by atoms with Crippen LogP contribution < -0.4 is 0 Å². The van der Waals surface area contributed by atoms with Crippen LogP contribution in [-0.2, 0) is 19.1 Å². The normalized spacial score (nSPS) is 19.1. The molecule has 0 aromatic rings. The quantitative estimate of drug-likeness (QED) is 0.511. The fourth-order valence-corrected chi connectivity index (χ4v) is 1.62. The molecule has 1 aliphatic heterocycles. The highest BCUT2D eigenvalue weighted by Gasteiger charge is 2.27. The second kappa shape index (κ2) is 6.44. The monoisotopic (exact) mass is 231 g/mol. The molecule has 0 aliphatic carbocycles. The van der Waals surface area contributed by atoms with Crippen LogP contribution in [0.15, 0.2) is 0 Å². The molecule has 1 aliphatic rings. The predicted molar refractivity (Wildman–Crippen MR) is 55.0 cm³/mol. The van der Waals surface area contributed by atoms with Crippen molar-refractivity contribution in [2.75, 3.05) is 40.0 Å². The Labute approximate surface area is 94.1 Å². The van der Waals surface area contributed by atoms with Crippen molar-refractivity contribution in [3.8, 4) is 0 Å². The number of esters is 1. The van der Waals surface area contributed by atoms with Gasteiger partial charge in [-0.15, -0.1) is 0 Å². The van der Waals surface area contributed by atoms with Crippen molar-refractivity contribution in [1.29, 1.82) is 0 Å². The second-order valence-corrected chi connectivity index (χ2v) is 3.66. The van der Waals surface area contributed by atoms with Gasteiger partial charge in [0.15, 0.2) is 5.92 Å². The molecular weight excluding hydrogens is 214 g/mol. The molecule has 0 aromatic carbocycles. The molecule has 1 rings (SSSR count). The van der Waals surface area contributed by atoms with Crippen molar-refractivity contribution in [3.63, 3.8) is 0 Å². The molecule has 1 atom stereocenters. The smallest absolute Gasteiger partial charge is 0.320 e. The van der Waals surface area contributed by atoms with Crippen LogP contribution in [0.4, 0.5) is 0 Å². The number of hydrogen-bond donors (Lipinski definition) is 1. The minimum atomic E-state index is -1.12. The Balaban J connectivity index is 2.37. The lowest BCUT2D eigenvalue weighted by atomic mass is 10.1. The lowest BCUT2D eigenvalue weighted by Crippen LogP contribution is -2.39. The van der Waals surface area contributed by atoms with Crippen molar-refractivity contribution >= 4 is 11.9 Å². The SMILES string of the molecule is COC(=O)C(CCN1CCOCC1)C(=O)O. The van der Waals surface area contributed by atoms with E-state index in [9.17, 15) is 9.59 Å². The van der Waals surface area contributed by atoms with Gasteiger partial charge in [-0.25, -0.2) is 0 Å². The number of aliphatic carboxylic acids is 1. The van der Waals surface area contributed by atoms with Gasteiger partial charge in [0.2, 0.25) is 0 Å². The largest absolute Gasteiger partial charge is 0.481 e. The Morgan fingerprint density at radius 3 is 2.56 bits per heavy atom. The van der Waals surface area contributed by atoms with Crippen LogP contribution in [0.2, 0.25) is 0 Å². The molecule has 0 radical (unpaired) electrons. The Morgan fingerprint density at radius 2 is 2.06 bits per heavy atom.